The van der Waals surface area contributed by atoms with Gasteiger partial charge in [-0.25, -0.2) is 5.10 Å². The van der Waals surface area contributed by atoms with Crippen LogP contribution in [0, 0.1) is 6.92 Å². The van der Waals surface area contributed by atoms with Gasteiger partial charge < -0.3 is 4.42 Å². The molecule has 0 radical (unpaired) electrons. The molecule has 3 aromatic rings. The second-order valence-electron chi connectivity index (χ2n) is 4.99. The molecule has 3 rings (SSSR count). The highest BCUT2D eigenvalue weighted by Crippen LogP contribution is 2.26. The van der Waals surface area contributed by atoms with E-state index in [1.54, 1.807) is 25.1 Å². The topological polar surface area (TPSA) is 105 Å². The van der Waals surface area contributed by atoms with E-state index in [0.717, 1.165) is 0 Å². The predicted molar refractivity (Wildman–Crippen MR) is 89.6 cm³/mol. The Morgan fingerprint density at radius 2 is 1.96 bits per heavy atom. The molecule has 2 aromatic heterocycles. The molecule has 0 saturated carbocycles. The third kappa shape index (κ3) is 3.34. The molecule has 0 amide bonds. The minimum Gasteiger partial charge on any atom is -0.441 e. The van der Waals surface area contributed by atoms with Gasteiger partial charge in [0.2, 0.25) is 5.09 Å². The van der Waals surface area contributed by atoms with Crippen molar-refractivity contribution in [3.05, 3.63) is 63.4 Å². The van der Waals surface area contributed by atoms with Gasteiger partial charge in [-0.3, -0.25) is 9.52 Å². The van der Waals surface area contributed by atoms with Crippen molar-refractivity contribution < 1.29 is 12.8 Å². The highest BCUT2D eigenvalue weighted by atomic mass is 35.5. The number of sulfonamides is 1. The summed E-state index contributed by atoms with van der Waals surface area (Å²) in [7, 11) is -3.90. The average Bonchev–Trinajstić information content (AvgIpc) is 3.02. The first-order valence-electron chi connectivity index (χ1n) is 6.80. The molecule has 0 bridgehead atoms. The number of aromatic nitrogens is 2. The van der Waals surface area contributed by atoms with Crippen molar-refractivity contribution in [3.63, 3.8) is 0 Å². The number of benzene rings is 1. The molecular formula is C15H12ClN3O4S. The molecule has 0 aliphatic rings. The maximum absolute atomic E-state index is 12.4. The summed E-state index contributed by atoms with van der Waals surface area (Å²) in [4.78, 5) is 11.0. The van der Waals surface area contributed by atoms with E-state index < -0.39 is 10.0 Å². The summed E-state index contributed by atoms with van der Waals surface area (Å²) in [6.07, 6.45) is 0. The number of aryl methyl sites for hydroxylation is 1. The van der Waals surface area contributed by atoms with Gasteiger partial charge in [-0.2, -0.15) is 13.5 Å². The van der Waals surface area contributed by atoms with Crippen molar-refractivity contribution in [2.75, 3.05) is 4.72 Å². The Morgan fingerprint density at radius 1 is 1.17 bits per heavy atom. The number of anilines is 1. The van der Waals surface area contributed by atoms with E-state index in [-0.39, 0.29) is 16.4 Å². The van der Waals surface area contributed by atoms with Crippen LogP contribution in [0.1, 0.15) is 5.56 Å². The lowest BCUT2D eigenvalue weighted by Gasteiger charge is -2.09. The first-order chi connectivity index (χ1) is 11.3. The molecule has 0 saturated heterocycles. The van der Waals surface area contributed by atoms with Crippen LogP contribution >= 0.6 is 11.6 Å². The molecule has 0 aliphatic carbocycles. The minimum atomic E-state index is -3.90. The van der Waals surface area contributed by atoms with E-state index in [1.165, 1.54) is 24.3 Å². The van der Waals surface area contributed by atoms with Gasteiger partial charge in [0.05, 0.1) is 5.69 Å². The van der Waals surface area contributed by atoms with Gasteiger partial charge in [-0.1, -0.05) is 11.6 Å². The quantitative estimate of drug-likeness (QED) is 0.739. The van der Waals surface area contributed by atoms with Gasteiger partial charge >= 0.3 is 0 Å². The number of hydrogen-bond acceptors (Lipinski definition) is 5. The number of aromatic amines is 1. The average molecular weight is 366 g/mol. The third-order valence-electron chi connectivity index (χ3n) is 3.21. The summed E-state index contributed by atoms with van der Waals surface area (Å²) in [5.41, 5.74) is 1.04. The zero-order valence-electron chi connectivity index (χ0n) is 12.4. The van der Waals surface area contributed by atoms with Crippen molar-refractivity contribution in [1.29, 1.82) is 0 Å². The van der Waals surface area contributed by atoms with E-state index in [2.05, 4.69) is 14.9 Å². The number of nitrogens with one attached hydrogen (secondary N) is 2. The van der Waals surface area contributed by atoms with Crippen LogP contribution < -0.4 is 10.3 Å². The molecular weight excluding hydrogens is 354 g/mol. The van der Waals surface area contributed by atoms with Crippen LogP contribution in [0.15, 0.2) is 56.8 Å². The summed E-state index contributed by atoms with van der Waals surface area (Å²) in [6, 6.07) is 10.3. The number of H-pyrrole nitrogens is 1. The largest absolute Gasteiger partial charge is 0.441 e. The van der Waals surface area contributed by atoms with Crippen LogP contribution in [-0.4, -0.2) is 18.6 Å². The summed E-state index contributed by atoms with van der Waals surface area (Å²) in [6.45, 7) is 1.74. The Balaban J connectivity index is 1.90. The Morgan fingerprint density at radius 3 is 2.62 bits per heavy atom. The Bertz CT molecular complexity index is 1040. The zero-order chi connectivity index (χ0) is 17.3. The molecule has 9 heteroatoms. The van der Waals surface area contributed by atoms with Crippen molar-refractivity contribution >= 4 is 27.3 Å². The van der Waals surface area contributed by atoms with Crippen LogP contribution in [0.25, 0.3) is 11.5 Å². The van der Waals surface area contributed by atoms with E-state index in [1.807, 2.05) is 0 Å². The molecule has 2 N–H and O–H groups in total. The lowest BCUT2D eigenvalue weighted by atomic mass is 10.2. The number of hydrogen-bond donors (Lipinski definition) is 2. The third-order valence-corrected chi connectivity index (χ3v) is 4.68. The monoisotopic (exact) mass is 365 g/mol. The maximum atomic E-state index is 12.4. The summed E-state index contributed by atoms with van der Waals surface area (Å²) in [5.74, 6) is 0.222. The predicted octanol–water partition coefficient (Wildman–Crippen LogP) is 2.79. The van der Waals surface area contributed by atoms with Crippen molar-refractivity contribution in [3.8, 4) is 11.5 Å². The van der Waals surface area contributed by atoms with Gasteiger partial charge in [0.25, 0.3) is 15.6 Å². The number of halogens is 1. The number of rotatable bonds is 4. The van der Waals surface area contributed by atoms with Crippen LogP contribution in [0.2, 0.25) is 5.02 Å². The Labute approximate surface area is 142 Å². The van der Waals surface area contributed by atoms with Crippen molar-refractivity contribution in [1.82, 2.24) is 10.2 Å². The van der Waals surface area contributed by atoms with Gasteiger partial charge in [0.1, 0.15) is 5.69 Å². The first kappa shape index (κ1) is 16.3. The Kier molecular flexibility index (Phi) is 4.16. The van der Waals surface area contributed by atoms with Gasteiger partial charge in [-0.15, -0.1) is 0 Å². The molecule has 1 aromatic carbocycles. The van der Waals surface area contributed by atoms with E-state index in [9.17, 15) is 13.2 Å². The zero-order valence-corrected chi connectivity index (χ0v) is 14.0. The fraction of sp³-hybridized carbons (Fsp3) is 0.0667. The van der Waals surface area contributed by atoms with E-state index in [4.69, 9.17) is 16.0 Å². The minimum absolute atomic E-state index is 0.222. The number of nitrogens with zero attached hydrogens (tertiary/aromatic N) is 1. The lowest BCUT2D eigenvalue weighted by Crippen LogP contribution is -2.13. The lowest BCUT2D eigenvalue weighted by molar-refractivity contribution is 0.461. The van der Waals surface area contributed by atoms with Crippen molar-refractivity contribution in [2.45, 2.75) is 12.0 Å². The van der Waals surface area contributed by atoms with Crippen LogP contribution in [0.4, 0.5) is 5.69 Å². The van der Waals surface area contributed by atoms with Gasteiger partial charge in [0.15, 0.2) is 5.76 Å². The van der Waals surface area contributed by atoms with Gasteiger partial charge in [0, 0.05) is 11.1 Å². The highest BCUT2D eigenvalue weighted by Gasteiger charge is 2.20. The molecule has 24 heavy (non-hydrogen) atoms. The SMILES string of the molecule is Cc1cc(Cl)ccc1NS(=O)(=O)c1ccc(-c2ccc(=O)[nH]n2)o1. The highest BCUT2D eigenvalue weighted by molar-refractivity contribution is 7.92. The normalized spacial score (nSPS) is 11.4. The fourth-order valence-electron chi connectivity index (χ4n) is 2.02. The summed E-state index contributed by atoms with van der Waals surface area (Å²) in [5, 5.41) is 6.30. The molecule has 7 nitrogen and oxygen atoms in total. The van der Waals surface area contributed by atoms with Crippen LogP contribution in [0.5, 0.6) is 0 Å². The smallest absolute Gasteiger partial charge is 0.295 e. The molecule has 124 valence electrons. The molecule has 0 fully saturated rings. The van der Waals surface area contributed by atoms with E-state index >= 15 is 0 Å². The first-order valence-corrected chi connectivity index (χ1v) is 8.66. The van der Waals surface area contributed by atoms with E-state index in [0.29, 0.717) is 22.0 Å². The molecule has 0 aliphatic heterocycles. The Hall–Kier alpha value is -2.58. The van der Waals surface area contributed by atoms with Crippen LogP contribution in [-0.2, 0) is 10.0 Å². The van der Waals surface area contributed by atoms with Crippen molar-refractivity contribution in [2.24, 2.45) is 0 Å². The molecule has 0 spiro atoms. The molecule has 2 heterocycles. The summed E-state index contributed by atoms with van der Waals surface area (Å²) >= 11 is 5.86. The van der Waals surface area contributed by atoms with Gasteiger partial charge in [-0.05, 0) is 48.9 Å². The summed E-state index contributed by atoms with van der Waals surface area (Å²) < 4.78 is 32.6. The second-order valence-corrected chi connectivity index (χ2v) is 7.04. The molecule has 0 atom stereocenters. The number of furan rings is 1. The fourth-order valence-corrected chi connectivity index (χ4v) is 3.31. The maximum Gasteiger partial charge on any atom is 0.295 e. The standard InChI is InChI=1S/C15H12ClN3O4S/c1-9-8-10(16)2-3-11(9)19-24(21,22)15-7-5-13(23-15)12-4-6-14(20)18-17-12/h2-8,19H,1H3,(H,18,20). The van der Waals surface area contributed by atoms with Crippen LogP contribution in [0.3, 0.4) is 0 Å². The molecule has 0 unspecified atom stereocenters. The second kappa shape index (κ2) is 6.14.